The zero-order valence-corrected chi connectivity index (χ0v) is 12.4. The van der Waals surface area contributed by atoms with Crippen LogP contribution in [0, 0.1) is 0 Å². The number of hydrogen-bond acceptors (Lipinski definition) is 2. The summed E-state index contributed by atoms with van der Waals surface area (Å²) in [6.45, 7) is 8.04. The van der Waals surface area contributed by atoms with Crippen molar-refractivity contribution in [2.45, 2.75) is 59.1 Å². The topological polar surface area (TPSA) is 38.3 Å². The first-order valence-electron chi connectivity index (χ1n) is 7.16. The number of nitrogens with one attached hydrogen (secondary N) is 1. The standard InChI is InChI=1S/C16H25NO2/c1-5-13-9-8-10-15(11-13)19-12(4)16(18)17-14(6-2)7-3/h8-12,14H,5-7H2,1-4H3,(H,17,18). The number of carbonyl (C=O) groups is 1. The third-order valence-corrected chi connectivity index (χ3v) is 3.32. The Bertz CT molecular complexity index is 399. The maximum absolute atomic E-state index is 12.0. The van der Waals surface area contributed by atoms with Gasteiger partial charge in [0.2, 0.25) is 0 Å². The molecule has 0 aliphatic rings. The van der Waals surface area contributed by atoms with E-state index in [1.54, 1.807) is 6.92 Å². The summed E-state index contributed by atoms with van der Waals surface area (Å²) in [5.41, 5.74) is 1.21. The molecule has 1 unspecified atom stereocenters. The van der Waals surface area contributed by atoms with E-state index in [2.05, 4.69) is 32.2 Å². The zero-order valence-electron chi connectivity index (χ0n) is 12.4. The highest BCUT2D eigenvalue weighted by atomic mass is 16.5. The van der Waals surface area contributed by atoms with Crippen molar-refractivity contribution in [3.05, 3.63) is 29.8 Å². The van der Waals surface area contributed by atoms with Gasteiger partial charge in [0.05, 0.1) is 0 Å². The Balaban J connectivity index is 2.57. The molecule has 0 fully saturated rings. The van der Waals surface area contributed by atoms with E-state index in [9.17, 15) is 4.79 Å². The van der Waals surface area contributed by atoms with E-state index in [1.165, 1.54) is 5.56 Å². The van der Waals surface area contributed by atoms with Gasteiger partial charge in [-0.25, -0.2) is 0 Å². The molecule has 1 aromatic rings. The van der Waals surface area contributed by atoms with Gasteiger partial charge in [0.15, 0.2) is 6.10 Å². The third kappa shape index (κ3) is 4.93. The van der Waals surface area contributed by atoms with Crippen molar-refractivity contribution >= 4 is 5.91 Å². The van der Waals surface area contributed by atoms with Gasteiger partial charge >= 0.3 is 0 Å². The van der Waals surface area contributed by atoms with Crippen LogP contribution < -0.4 is 10.1 Å². The molecule has 3 heteroatoms. The Morgan fingerprint density at radius 1 is 1.26 bits per heavy atom. The monoisotopic (exact) mass is 263 g/mol. The lowest BCUT2D eigenvalue weighted by Gasteiger charge is -2.19. The number of hydrogen-bond donors (Lipinski definition) is 1. The Hall–Kier alpha value is -1.51. The molecule has 1 N–H and O–H groups in total. The van der Waals surface area contributed by atoms with Gasteiger partial charge in [0, 0.05) is 6.04 Å². The molecule has 1 atom stereocenters. The maximum Gasteiger partial charge on any atom is 0.260 e. The zero-order chi connectivity index (χ0) is 14.3. The van der Waals surface area contributed by atoms with Gasteiger partial charge < -0.3 is 10.1 Å². The van der Waals surface area contributed by atoms with Crippen molar-refractivity contribution < 1.29 is 9.53 Å². The quantitative estimate of drug-likeness (QED) is 0.819. The number of aryl methyl sites for hydroxylation is 1. The minimum absolute atomic E-state index is 0.0457. The smallest absolute Gasteiger partial charge is 0.260 e. The fourth-order valence-corrected chi connectivity index (χ4v) is 1.91. The SMILES string of the molecule is CCc1cccc(OC(C)C(=O)NC(CC)CC)c1. The van der Waals surface area contributed by atoms with Crippen LogP contribution in [0.15, 0.2) is 24.3 Å². The lowest BCUT2D eigenvalue weighted by molar-refractivity contribution is -0.128. The molecule has 0 spiro atoms. The van der Waals surface area contributed by atoms with E-state index in [0.717, 1.165) is 25.0 Å². The number of ether oxygens (including phenoxy) is 1. The van der Waals surface area contributed by atoms with Gasteiger partial charge in [-0.1, -0.05) is 32.9 Å². The molecule has 1 amide bonds. The van der Waals surface area contributed by atoms with Gasteiger partial charge in [-0.05, 0) is 43.9 Å². The summed E-state index contributed by atoms with van der Waals surface area (Å²) >= 11 is 0. The molecule has 1 aromatic carbocycles. The van der Waals surface area contributed by atoms with Crippen LogP contribution >= 0.6 is 0 Å². The van der Waals surface area contributed by atoms with Crippen LogP contribution in [0.2, 0.25) is 0 Å². The number of amides is 1. The first kappa shape index (κ1) is 15.5. The first-order chi connectivity index (χ1) is 9.10. The molecular weight excluding hydrogens is 238 g/mol. The van der Waals surface area contributed by atoms with Crippen LogP contribution in [0.1, 0.15) is 46.1 Å². The summed E-state index contributed by atoms with van der Waals surface area (Å²) in [4.78, 5) is 12.0. The Kier molecular flexibility index (Phi) is 6.40. The highest BCUT2D eigenvalue weighted by molar-refractivity contribution is 5.81. The summed E-state index contributed by atoms with van der Waals surface area (Å²) in [6, 6.07) is 8.13. The molecule has 3 nitrogen and oxygen atoms in total. The van der Waals surface area contributed by atoms with Gasteiger partial charge in [-0.2, -0.15) is 0 Å². The van der Waals surface area contributed by atoms with Gasteiger partial charge in [0.25, 0.3) is 5.91 Å². The van der Waals surface area contributed by atoms with Crippen LogP contribution in [0.5, 0.6) is 5.75 Å². The van der Waals surface area contributed by atoms with Gasteiger partial charge in [-0.15, -0.1) is 0 Å². The predicted octanol–water partition coefficient (Wildman–Crippen LogP) is 3.32. The van der Waals surface area contributed by atoms with E-state index in [1.807, 2.05) is 18.2 Å². The second-order valence-electron chi connectivity index (χ2n) is 4.78. The average molecular weight is 263 g/mol. The predicted molar refractivity (Wildman–Crippen MR) is 78.4 cm³/mol. The fraction of sp³-hybridized carbons (Fsp3) is 0.562. The normalized spacial score (nSPS) is 12.3. The second kappa shape index (κ2) is 7.82. The number of benzene rings is 1. The van der Waals surface area contributed by atoms with E-state index < -0.39 is 6.10 Å². The minimum atomic E-state index is -0.465. The summed E-state index contributed by atoms with van der Waals surface area (Å²) < 4.78 is 5.70. The van der Waals surface area contributed by atoms with Crippen LogP contribution in [-0.4, -0.2) is 18.1 Å². The third-order valence-electron chi connectivity index (χ3n) is 3.32. The van der Waals surface area contributed by atoms with Gasteiger partial charge in [-0.3, -0.25) is 4.79 Å². The molecule has 0 radical (unpaired) electrons. The molecule has 1 rings (SSSR count). The van der Waals surface area contributed by atoms with Crippen molar-refractivity contribution in [1.82, 2.24) is 5.32 Å². The molecule has 0 aliphatic carbocycles. The van der Waals surface area contributed by atoms with Crippen LogP contribution in [0.3, 0.4) is 0 Å². The molecule has 19 heavy (non-hydrogen) atoms. The lowest BCUT2D eigenvalue weighted by atomic mass is 10.1. The van der Waals surface area contributed by atoms with Crippen molar-refractivity contribution in [2.75, 3.05) is 0 Å². The summed E-state index contributed by atoms with van der Waals surface area (Å²) in [5, 5.41) is 3.00. The van der Waals surface area contributed by atoms with Gasteiger partial charge in [0.1, 0.15) is 5.75 Å². The average Bonchev–Trinajstić information content (AvgIpc) is 2.44. The highest BCUT2D eigenvalue weighted by Crippen LogP contribution is 2.15. The van der Waals surface area contributed by atoms with Crippen molar-refractivity contribution in [3.63, 3.8) is 0 Å². The number of rotatable bonds is 7. The highest BCUT2D eigenvalue weighted by Gasteiger charge is 2.17. The summed E-state index contributed by atoms with van der Waals surface area (Å²) in [6.07, 6.45) is 2.39. The molecule has 0 heterocycles. The lowest BCUT2D eigenvalue weighted by Crippen LogP contribution is -2.42. The van der Waals surface area contributed by atoms with E-state index in [0.29, 0.717) is 0 Å². The Morgan fingerprint density at radius 3 is 2.53 bits per heavy atom. The van der Waals surface area contributed by atoms with E-state index >= 15 is 0 Å². The maximum atomic E-state index is 12.0. The Morgan fingerprint density at radius 2 is 1.95 bits per heavy atom. The summed E-state index contributed by atoms with van der Waals surface area (Å²) in [7, 11) is 0. The summed E-state index contributed by atoms with van der Waals surface area (Å²) in [5.74, 6) is 0.710. The molecule has 0 aromatic heterocycles. The number of carbonyl (C=O) groups excluding carboxylic acids is 1. The van der Waals surface area contributed by atoms with Crippen molar-refractivity contribution in [2.24, 2.45) is 0 Å². The van der Waals surface area contributed by atoms with Crippen molar-refractivity contribution in [1.29, 1.82) is 0 Å². The first-order valence-corrected chi connectivity index (χ1v) is 7.16. The van der Waals surface area contributed by atoms with E-state index in [-0.39, 0.29) is 11.9 Å². The minimum Gasteiger partial charge on any atom is -0.481 e. The Labute approximate surface area is 116 Å². The molecular formula is C16H25NO2. The molecule has 0 saturated heterocycles. The molecule has 0 aliphatic heterocycles. The molecule has 0 saturated carbocycles. The van der Waals surface area contributed by atoms with Crippen molar-refractivity contribution in [3.8, 4) is 5.75 Å². The fourth-order valence-electron chi connectivity index (χ4n) is 1.91. The van der Waals surface area contributed by atoms with E-state index in [4.69, 9.17) is 4.74 Å². The largest absolute Gasteiger partial charge is 0.481 e. The van der Waals surface area contributed by atoms with Crippen LogP contribution in [-0.2, 0) is 11.2 Å². The molecule has 106 valence electrons. The van der Waals surface area contributed by atoms with Crippen LogP contribution in [0.25, 0.3) is 0 Å². The van der Waals surface area contributed by atoms with Crippen LogP contribution in [0.4, 0.5) is 0 Å². The molecule has 0 bridgehead atoms. The second-order valence-corrected chi connectivity index (χ2v) is 4.78.